The molecule has 0 saturated carbocycles. The summed E-state index contributed by atoms with van der Waals surface area (Å²) in [5, 5.41) is 0. The summed E-state index contributed by atoms with van der Waals surface area (Å²) >= 11 is 0. The van der Waals surface area contributed by atoms with Crippen LogP contribution in [-0.4, -0.2) is 50.2 Å². The lowest BCUT2D eigenvalue weighted by molar-refractivity contribution is -0.149. The summed E-state index contributed by atoms with van der Waals surface area (Å²) in [6.45, 7) is 9.34. The monoisotopic (exact) mass is 344 g/mol. The number of hydrogen-bond acceptors (Lipinski definition) is 5. The van der Waals surface area contributed by atoms with E-state index in [1.807, 2.05) is 0 Å². The Morgan fingerprint density at radius 1 is 0.833 bits per heavy atom. The molecule has 0 fully saturated rings. The topological polar surface area (TPSA) is 61.8 Å². The van der Waals surface area contributed by atoms with Gasteiger partial charge in [-0.05, 0) is 26.2 Å². The van der Waals surface area contributed by atoms with Crippen LogP contribution in [0.4, 0.5) is 0 Å². The van der Waals surface area contributed by atoms with Crippen LogP contribution in [0.5, 0.6) is 0 Å². The second-order valence-electron chi connectivity index (χ2n) is 6.19. The Balaban J connectivity index is 4.77. The zero-order valence-corrected chi connectivity index (χ0v) is 16.0. The molecular formula is C19H36O5. The maximum absolute atomic E-state index is 12.5. The van der Waals surface area contributed by atoms with Gasteiger partial charge in [0.1, 0.15) is 18.5 Å². The molecule has 0 aromatic heterocycles. The first-order chi connectivity index (χ1) is 11.6. The van der Waals surface area contributed by atoms with Crippen LogP contribution < -0.4 is 0 Å². The zero-order valence-electron chi connectivity index (χ0n) is 16.0. The van der Waals surface area contributed by atoms with Crippen LogP contribution in [-0.2, 0) is 23.8 Å². The molecule has 0 heterocycles. The highest BCUT2D eigenvalue weighted by molar-refractivity contribution is 5.86. The number of carbonyl (C=O) groups excluding carboxylic acids is 2. The van der Waals surface area contributed by atoms with Gasteiger partial charge in [0.2, 0.25) is 0 Å². The molecule has 24 heavy (non-hydrogen) atoms. The van der Waals surface area contributed by atoms with E-state index < -0.39 is 12.2 Å². The van der Waals surface area contributed by atoms with Crippen LogP contribution in [0.25, 0.3) is 0 Å². The Kier molecular flexibility index (Phi) is 15.2. The fourth-order valence-electron chi connectivity index (χ4n) is 2.18. The molecule has 0 aromatic rings. The second-order valence-corrected chi connectivity index (χ2v) is 6.19. The van der Waals surface area contributed by atoms with Crippen LogP contribution >= 0.6 is 0 Å². The van der Waals surface area contributed by atoms with E-state index in [4.69, 9.17) is 14.2 Å². The molecule has 142 valence electrons. The summed E-state index contributed by atoms with van der Waals surface area (Å²) in [6, 6.07) is 0. The fourth-order valence-corrected chi connectivity index (χ4v) is 2.18. The molecule has 0 bridgehead atoms. The number of unbranched alkanes of at least 4 members (excludes halogenated alkanes) is 3. The van der Waals surface area contributed by atoms with Crippen LogP contribution in [0.2, 0.25) is 0 Å². The fraction of sp³-hybridized carbons (Fsp3) is 0.895. The van der Waals surface area contributed by atoms with Crippen molar-refractivity contribution in [3.8, 4) is 0 Å². The Hall–Kier alpha value is -0.780. The summed E-state index contributed by atoms with van der Waals surface area (Å²) in [4.78, 5) is 24.1. The molecule has 0 aliphatic heterocycles. The van der Waals surface area contributed by atoms with Gasteiger partial charge in [-0.15, -0.1) is 0 Å². The van der Waals surface area contributed by atoms with Crippen LogP contribution in [0, 0.1) is 0 Å². The van der Waals surface area contributed by atoms with Gasteiger partial charge >= 0.3 is 0 Å². The minimum atomic E-state index is -0.723. The average Bonchev–Trinajstić information content (AvgIpc) is 2.54. The number of rotatable bonds is 17. The van der Waals surface area contributed by atoms with E-state index >= 15 is 0 Å². The third-order valence-electron chi connectivity index (χ3n) is 3.66. The number of ether oxygens (including phenoxy) is 3. The van der Waals surface area contributed by atoms with Crippen LogP contribution in [0.1, 0.15) is 72.6 Å². The van der Waals surface area contributed by atoms with Gasteiger partial charge in [-0.25, -0.2) is 0 Å². The van der Waals surface area contributed by atoms with Gasteiger partial charge in [-0.3, -0.25) is 9.59 Å². The molecule has 0 aliphatic carbocycles. The highest BCUT2D eigenvalue weighted by atomic mass is 16.5. The second kappa shape index (κ2) is 15.7. The van der Waals surface area contributed by atoms with E-state index in [1.165, 1.54) is 6.92 Å². The van der Waals surface area contributed by atoms with Crippen molar-refractivity contribution in [3.63, 3.8) is 0 Å². The van der Waals surface area contributed by atoms with Crippen molar-refractivity contribution in [1.82, 2.24) is 0 Å². The Bertz CT molecular complexity index is 330. The summed E-state index contributed by atoms with van der Waals surface area (Å²) in [5.41, 5.74) is 0. The molecule has 0 unspecified atom stereocenters. The minimum absolute atomic E-state index is 0.000270. The van der Waals surface area contributed by atoms with Crippen LogP contribution in [0.15, 0.2) is 0 Å². The smallest absolute Gasteiger partial charge is 0.189 e. The number of carbonyl (C=O) groups is 2. The predicted octanol–water partition coefficient (Wildman–Crippen LogP) is 3.72. The van der Waals surface area contributed by atoms with Crippen molar-refractivity contribution in [2.45, 2.75) is 84.8 Å². The van der Waals surface area contributed by atoms with Crippen LogP contribution in [0.3, 0.4) is 0 Å². The molecule has 5 nitrogen and oxygen atoms in total. The van der Waals surface area contributed by atoms with Crippen molar-refractivity contribution in [2.24, 2.45) is 0 Å². The van der Waals surface area contributed by atoms with Gasteiger partial charge in [0.25, 0.3) is 0 Å². The van der Waals surface area contributed by atoms with Gasteiger partial charge in [-0.2, -0.15) is 0 Å². The first-order valence-electron chi connectivity index (χ1n) is 9.39. The van der Waals surface area contributed by atoms with Crippen molar-refractivity contribution >= 4 is 11.6 Å². The van der Waals surface area contributed by atoms with Crippen molar-refractivity contribution in [2.75, 3.05) is 26.4 Å². The van der Waals surface area contributed by atoms with E-state index in [2.05, 4.69) is 20.8 Å². The normalized spacial score (nSPS) is 13.7. The Labute approximate surface area is 147 Å². The lowest BCUT2D eigenvalue weighted by Gasteiger charge is -2.26. The van der Waals surface area contributed by atoms with Gasteiger partial charge in [0.15, 0.2) is 5.78 Å². The van der Waals surface area contributed by atoms with E-state index in [0.717, 1.165) is 38.5 Å². The van der Waals surface area contributed by atoms with Gasteiger partial charge in [0, 0.05) is 26.2 Å². The van der Waals surface area contributed by atoms with Gasteiger partial charge < -0.3 is 14.2 Å². The predicted molar refractivity (Wildman–Crippen MR) is 95.3 cm³/mol. The minimum Gasteiger partial charge on any atom is -0.375 e. The molecule has 0 N–H and O–H groups in total. The molecule has 0 aromatic carbocycles. The zero-order chi connectivity index (χ0) is 18.2. The summed E-state index contributed by atoms with van der Waals surface area (Å²) < 4.78 is 17.0. The van der Waals surface area contributed by atoms with Crippen molar-refractivity contribution < 1.29 is 23.8 Å². The summed E-state index contributed by atoms with van der Waals surface area (Å²) in [6.07, 6.45) is 4.67. The van der Waals surface area contributed by atoms with Gasteiger partial charge in [0.05, 0.1) is 6.10 Å². The lowest BCUT2D eigenvalue weighted by Crippen LogP contribution is -2.42. The van der Waals surface area contributed by atoms with E-state index in [1.54, 1.807) is 0 Å². The first kappa shape index (κ1) is 23.2. The lowest BCUT2D eigenvalue weighted by atomic mass is 10.0. The maximum Gasteiger partial charge on any atom is 0.189 e. The molecule has 0 amide bonds. The van der Waals surface area contributed by atoms with E-state index in [9.17, 15) is 9.59 Å². The summed E-state index contributed by atoms with van der Waals surface area (Å²) in [7, 11) is 0. The number of Topliss-reactive ketones (excluding diaryl/α,β-unsaturated/α-hetero) is 2. The number of ketones is 2. The summed E-state index contributed by atoms with van der Waals surface area (Å²) in [5.74, 6) is -0.134. The molecule has 0 rings (SSSR count). The third-order valence-corrected chi connectivity index (χ3v) is 3.66. The Morgan fingerprint density at radius 3 is 1.92 bits per heavy atom. The quantitative estimate of drug-likeness (QED) is 0.376. The maximum atomic E-state index is 12.5. The SMILES string of the molecule is CCCCOCC(=O)[C@@H](OCCCC)[C@@H](CC(C)=O)OCCCC. The molecule has 5 heteroatoms. The molecule has 0 aliphatic rings. The Morgan fingerprint density at radius 2 is 1.38 bits per heavy atom. The van der Waals surface area contributed by atoms with E-state index in [0.29, 0.717) is 19.8 Å². The highest BCUT2D eigenvalue weighted by Crippen LogP contribution is 2.13. The van der Waals surface area contributed by atoms with Crippen molar-refractivity contribution in [3.05, 3.63) is 0 Å². The molecule has 0 saturated heterocycles. The standard InChI is InChI=1S/C19H36O5/c1-5-8-11-22-15-17(21)19(24-13-10-7-3)18(14-16(4)20)23-12-9-6-2/h18-19H,5-15H2,1-4H3/t18-,19-/m1/s1. The molecule has 2 atom stereocenters. The molecule has 0 spiro atoms. The van der Waals surface area contributed by atoms with Crippen molar-refractivity contribution in [1.29, 1.82) is 0 Å². The number of hydrogen-bond donors (Lipinski definition) is 0. The third kappa shape index (κ3) is 11.7. The first-order valence-corrected chi connectivity index (χ1v) is 9.39. The molecule has 0 radical (unpaired) electrons. The molecular weight excluding hydrogens is 308 g/mol. The largest absolute Gasteiger partial charge is 0.375 e. The van der Waals surface area contributed by atoms with E-state index in [-0.39, 0.29) is 24.6 Å². The highest BCUT2D eigenvalue weighted by Gasteiger charge is 2.30. The average molecular weight is 344 g/mol. The van der Waals surface area contributed by atoms with Gasteiger partial charge in [-0.1, -0.05) is 40.0 Å².